The minimum atomic E-state index is -1.47. The van der Waals surface area contributed by atoms with Crippen molar-refractivity contribution in [2.45, 2.75) is 12.8 Å². The number of hydrogen-bond donors (Lipinski definition) is 8. The monoisotopic (exact) mass is 688 g/mol. The minimum absolute atomic E-state index is 0.0671. The van der Waals surface area contributed by atoms with Crippen LogP contribution < -0.4 is 0 Å². The largest absolute Gasteiger partial charge is 0.478 e. The quantitative estimate of drug-likeness (QED) is 0.104. The Kier molecular flexibility index (Phi) is 11.5. The van der Waals surface area contributed by atoms with Crippen LogP contribution in [0.4, 0.5) is 0 Å². The van der Waals surface area contributed by atoms with E-state index >= 15 is 0 Å². The van der Waals surface area contributed by atoms with Crippen molar-refractivity contribution in [2.24, 2.45) is 0 Å². The van der Waals surface area contributed by atoms with Crippen LogP contribution in [0.2, 0.25) is 0 Å². The molecular formula is C34H24O16. The molecule has 8 N–H and O–H groups in total. The van der Waals surface area contributed by atoms with E-state index in [0.29, 0.717) is 11.1 Å². The molecule has 0 amide bonds. The minimum Gasteiger partial charge on any atom is -0.478 e. The lowest BCUT2D eigenvalue weighted by Gasteiger charge is -2.12. The second-order valence-corrected chi connectivity index (χ2v) is 10.2. The highest BCUT2D eigenvalue weighted by molar-refractivity contribution is 6.05. The summed E-state index contributed by atoms with van der Waals surface area (Å²) in [5, 5.41) is 73.1. The first kappa shape index (κ1) is 37.1. The van der Waals surface area contributed by atoms with Crippen molar-refractivity contribution in [2.75, 3.05) is 0 Å². The normalized spacial score (nSPS) is 10.2. The van der Waals surface area contributed by atoms with Crippen molar-refractivity contribution in [3.05, 3.63) is 140 Å². The number of rotatable bonds is 12. The highest BCUT2D eigenvalue weighted by Crippen LogP contribution is 2.24. The predicted octanol–water partition coefficient (Wildman–Crippen LogP) is 4.14. The third-order valence-electron chi connectivity index (χ3n) is 7.07. The molecule has 0 spiro atoms. The van der Waals surface area contributed by atoms with Crippen LogP contribution in [0.1, 0.15) is 105 Å². The van der Waals surface area contributed by atoms with Gasteiger partial charge in [0.1, 0.15) is 0 Å². The molecule has 0 bridgehead atoms. The first-order chi connectivity index (χ1) is 23.4. The molecule has 4 rings (SSSR count). The third-order valence-corrected chi connectivity index (χ3v) is 7.07. The van der Waals surface area contributed by atoms with E-state index < -0.39 is 70.0 Å². The molecule has 50 heavy (non-hydrogen) atoms. The van der Waals surface area contributed by atoms with E-state index in [0.717, 1.165) is 24.3 Å². The van der Waals surface area contributed by atoms with Gasteiger partial charge in [0.05, 0.1) is 44.5 Å². The number of carboxylic acids is 8. The van der Waals surface area contributed by atoms with Gasteiger partial charge in [0.15, 0.2) is 0 Å². The van der Waals surface area contributed by atoms with E-state index in [9.17, 15) is 48.6 Å². The lowest BCUT2D eigenvalue weighted by atomic mass is 9.91. The molecule has 0 aliphatic heterocycles. The molecule has 0 radical (unpaired) electrons. The molecule has 0 aliphatic rings. The zero-order valence-corrected chi connectivity index (χ0v) is 25.2. The molecule has 0 aromatic heterocycles. The van der Waals surface area contributed by atoms with Gasteiger partial charge in [0, 0.05) is 0 Å². The van der Waals surface area contributed by atoms with E-state index in [1.54, 1.807) is 0 Å². The smallest absolute Gasteiger partial charge is 0.336 e. The van der Waals surface area contributed by atoms with Crippen molar-refractivity contribution >= 4 is 47.8 Å². The summed E-state index contributed by atoms with van der Waals surface area (Å²) in [6, 6.07) is 15.2. The molecule has 0 aliphatic carbocycles. The van der Waals surface area contributed by atoms with Crippen LogP contribution >= 0.6 is 0 Å². The maximum absolute atomic E-state index is 11.5. The molecule has 0 atom stereocenters. The SMILES string of the molecule is O=C(O)c1ccc(Cc2ccc(C(=O)O)c(C(=O)O)c2)cc1C(=O)O.O=C(O)c1cccc(Cc2cccc(C(=O)O)c2C(=O)O)c1C(=O)O. The van der Waals surface area contributed by atoms with Crippen molar-refractivity contribution in [1.82, 2.24) is 0 Å². The number of carbonyl (C=O) groups is 8. The van der Waals surface area contributed by atoms with Crippen LogP contribution in [-0.4, -0.2) is 88.6 Å². The Morgan fingerprint density at radius 2 is 0.660 bits per heavy atom. The summed E-state index contributed by atoms with van der Waals surface area (Å²) in [7, 11) is 0. The van der Waals surface area contributed by atoms with Crippen LogP contribution in [0.15, 0.2) is 72.8 Å². The van der Waals surface area contributed by atoms with E-state index in [4.69, 9.17) is 30.6 Å². The predicted molar refractivity (Wildman–Crippen MR) is 167 cm³/mol. The van der Waals surface area contributed by atoms with Crippen LogP contribution in [0, 0.1) is 0 Å². The number of benzene rings is 4. The fourth-order valence-corrected chi connectivity index (χ4v) is 4.93. The molecule has 16 heteroatoms. The summed E-state index contributed by atoms with van der Waals surface area (Å²) in [6.45, 7) is 0. The van der Waals surface area contributed by atoms with Gasteiger partial charge in [0.25, 0.3) is 0 Å². The fourth-order valence-electron chi connectivity index (χ4n) is 4.93. The van der Waals surface area contributed by atoms with Crippen molar-refractivity contribution in [1.29, 1.82) is 0 Å². The lowest BCUT2D eigenvalue weighted by Crippen LogP contribution is -2.14. The summed E-state index contributed by atoms with van der Waals surface area (Å²) in [6.07, 6.45) is -0.133. The summed E-state index contributed by atoms with van der Waals surface area (Å²) in [5.74, 6) is -11.4. The molecule has 0 saturated heterocycles. The van der Waals surface area contributed by atoms with Gasteiger partial charge in [-0.15, -0.1) is 0 Å². The van der Waals surface area contributed by atoms with Crippen LogP contribution in [0.3, 0.4) is 0 Å². The second kappa shape index (κ2) is 15.5. The van der Waals surface area contributed by atoms with Gasteiger partial charge in [-0.25, -0.2) is 38.4 Å². The average Bonchev–Trinajstić information content (AvgIpc) is 3.04. The van der Waals surface area contributed by atoms with Gasteiger partial charge < -0.3 is 40.9 Å². The van der Waals surface area contributed by atoms with E-state index in [2.05, 4.69) is 0 Å². The number of hydrogen-bond acceptors (Lipinski definition) is 8. The van der Waals surface area contributed by atoms with Gasteiger partial charge >= 0.3 is 47.8 Å². The Bertz CT molecular complexity index is 1950. The maximum Gasteiger partial charge on any atom is 0.336 e. The molecule has 0 fully saturated rings. The van der Waals surface area contributed by atoms with Crippen molar-refractivity contribution < 1.29 is 79.2 Å². The zero-order chi connectivity index (χ0) is 37.4. The molecule has 0 saturated carbocycles. The molecule has 16 nitrogen and oxygen atoms in total. The number of aromatic carboxylic acids is 8. The summed E-state index contributed by atoms with van der Waals surface area (Å²) in [5.41, 5.74) is -2.26. The van der Waals surface area contributed by atoms with E-state index in [1.165, 1.54) is 48.5 Å². The Morgan fingerprint density at radius 3 is 0.940 bits per heavy atom. The average molecular weight is 689 g/mol. The Hall–Kier alpha value is -7.36. The molecule has 4 aromatic rings. The van der Waals surface area contributed by atoms with Gasteiger partial charge in [-0.05, 0) is 71.5 Å². The second-order valence-electron chi connectivity index (χ2n) is 10.2. The highest BCUT2D eigenvalue weighted by Gasteiger charge is 2.24. The van der Waals surface area contributed by atoms with E-state index in [1.807, 2.05) is 0 Å². The topological polar surface area (TPSA) is 298 Å². The summed E-state index contributed by atoms with van der Waals surface area (Å²) in [4.78, 5) is 89.8. The Labute approximate surface area is 279 Å². The van der Waals surface area contributed by atoms with Gasteiger partial charge in [0.2, 0.25) is 0 Å². The molecule has 0 heterocycles. The molecule has 256 valence electrons. The maximum atomic E-state index is 11.5. The highest BCUT2D eigenvalue weighted by atomic mass is 16.4. The van der Waals surface area contributed by atoms with Crippen LogP contribution in [0.5, 0.6) is 0 Å². The Morgan fingerprint density at radius 1 is 0.340 bits per heavy atom. The lowest BCUT2D eigenvalue weighted by molar-refractivity contribution is 0.0649. The van der Waals surface area contributed by atoms with Crippen molar-refractivity contribution in [3.63, 3.8) is 0 Å². The fraction of sp³-hybridized carbons (Fsp3) is 0.0588. The van der Waals surface area contributed by atoms with Crippen LogP contribution in [0.25, 0.3) is 0 Å². The van der Waals surface area contributed by atoms with Crippen molar-refractivity contribution in [3.8, 4) is 0 Å². The summed E-state index contributed by atoms with van der Waals surface area (Å²) < 4.78 is 0. The van der Waals surface area contributed by atoms with Gasteiger partial charge in [-0.2, -0.15) is 0 Å². The summed E-state index contributed by atoms with van der Waals surface area (Å²) >= 11 is 0. The van der Waals surface area contributed by atoms with Gasteiger partial charge in [-0.3, -0.25) is 0 Å². The number of carboxylic acid groups (broad SMARTS) is 8. The zero-order valence-electron chi connectivity index (χ0n) is 25.2. The first-order valence-corrected chi connectivity index (χ1v) is 13.8. The van der Waals surface area contributed by atoms with Crippen LogP contribution in [-0.2, 0) is 12.8 Å². The van der Waals surface area contributed by atoms with E-state index in [-0.39, 0.29) is 46.2 Å². The molecule has 4 aromatic carbocycles. The molecule has 0 unspecified atom stereocenters. The standard InChI is InChI=1S/2C17H12O8/c18-14(19)10-3-1-8(6-12(10)16(22)23)5-9-2-4-11(15(20)21)13(7-9)17(24)25;18-14(19)10-5-1-3-8(12(10)16(22)23)7-9-4-2-6-11(15(20)21)13(9)17(24)25/h1-4,6-7H,5H2,(H,18,19)(H,20,21)(H,22,23)(H,24,25);1-6H,7H2,(H,18,19)(H,20,21)(H,22,23)(H,24,25). The Balaban J connectivity index is 0.000000270. The first-order valence-electron chi connectivity index (χ1n) is 13.8. The molecular weight excluding hydrogens is 664 g/mol. The van der Waals surface area contributed by atoms with Gasteiger partial charge in [-0.1, -0.05) is 36.4 Å². The third kappa shape index (κ3) is 8.51.